The lowest BCUT2D eigenvalue weighted by Crippen LogP contribution is -2.37. The molecule has 2 heterocycles. The van der Waals surface area contributed by atoms with Crippen LogP contribution in [0.5, 0.6) is 0 Å². The fraction of sp³-hybridized carbons (Fsp3) is 0.278. The summed E-state index contributed by atoms with van der Waals surface area (Å²) in [4.78, 5) is 30.0. The SMILES string of the molecule is COC(=O)c1cncc2c1CCN(C(=O)Cc1ccccc1F)C2. The van der Waals surface area contributed by atoms with E-state index in [0.29, 0.717) is 30.6 Å². The van der Waals surface area contributed by atoms with Crippen molar-refractivity contribution in [2.45, 2.75) is 19.4 Å². The number of pyridine rings is 1. The van der Waals surface area contributed by atoms with E-state index in [1.54, 1.807) is 29.3 Å². The number of hydrogen-bond acceptors (Lipinski definition) is 4. The molecule has 1 aliphatic heterocycles. The van der Waals surface area contributed by atoms with Crippen molar-refractivity contribution in [2.24, 2.45) is 0 Å². The Labute approximate surface area is 139 Å². The summed E-state index contributed by atoms with van der Waals surface area (Å²) in [6, 6.07) is 6.27. The van der Waals surface area contributed by atoms with Crippen molar-refractivity contribution in [3.63, 3.8) is 0 Å². The van der Waals surface area contributed by atoms with E-state index in [-0.39, 0.29) is 18.1 Å². The number of esters is 1. The Morgan fingerprint density at radius 1 is 1.29 bits per heavy atom. The Kier molecular flexibility index (Phi) is 4.55. The molecule has 2 aromatic rings. The lowest BCUT2D eigenvalue weighted by atomic mass is 9.96. The number of hydrogen-bond donors (Lipinski definition) is 0. The second-order valence-corrected chi connectivity index (χ2v) is 5.65. The van der Waals surface area contributed by atoms with E-state index in [9.17, 15) is 14.0 Å². The highest BCUT2D eigenvalue weighted by Crippen LogP contribution is 2.23. The van der Waals surface area contributed by atoms with Gasteiger partial charge in [-0.2, -0.15) is 0 Å². The summed E-state index contributed by atoms with van der Waals surface area (Å²) in [6.45, 7) is 0.842. The van der Waals surface area contributed by atoms with Crippen LogP contribution in [-0.4, -0.2) is 35.4 Å². The van der Waals surface area contributed by atoms with E-state index in [1.165, 1.54) is 19.4 Å². The maximum Gasteiger partial charge on any atom is 0.339 e. The van der Waals surface area contributed by atoms with E-state index >= 15 is 0 Å². The van der Waals surface area contributed by atoms with Crippen LogP contribution in [0.1, 0.15) is 27.0 Å². The molecular weight excluding hydrogens is 311 g/mol. The molecule has 1 aliphatic rings. The lowest BCUT2D eigenvalue weighted by molar-refractivity contribution is -0.131. The monoisotopic (exact) mass is 328 g/mol. The molecule has 24 heavy (non-hydrogen) atoms. The van der Waals surface area contributed by atoms with Crippen LogP contribution in [0, 0.1) is 5.82 Å². The molecule has 1 aromatic heterocycles. The third-order valence-electron chi connectivity index (χ3n) is 4.20. The third-order valence-corrected chi connectivity index (χ3v) is 4.20. The van der Waals surface area contributed by atoms with Gasteiger partial charge in [0, 0.05) is 25.5 Å². The molecule has 0 saturated carbocycles. The summed E-state index contributed by atoms with van der Waals surface area (Å²) in [7, 11) is 1.33. The normalized spacial score (nSPS) is 13.3. The van der Waals surface area contributed by atoms with Crippen LogP contribution in [0.15, 0.2) is 36.7 Å². The van der Waals surface area contributed by atoms with Gasteiger partial charge in [0.05, 0.1) is 19.1 Å². The number of carbonyl (C=O) groups is 2. The molecule has 0 radical (unpaired) electrons. The molecule has 5 nitrogen and oxygen atoms in total. The zero-order valence-corrected chi connectivity index (χ0v) is 13.3. The van der Waals surface area contributed by atoms with Crippen LogP contribution in [0.4, 0.5) is 4.39 Å². The molecule has 0 aliphatic carbocycles. The fourth-order valence-corrected chi connectivity index (χ4v) is 2.91. The van der Waals surface area contributed by atoms with Gasteiger partial charge in [0.1, 0.15) is 5.82 Å². The molecule has 0 N–H and O–H groups in total. The van der Waals surface area contributed by atoms with E-state index in [2.05, 4.69) is 4.98 Å². The zero-order valence-electron chi connectivity index (χ0n) is 13.3. The minimum Gasteiger partial charge on any atom is -0.465 e. The predicted octanol–water partition coefficient (Wildman–Crippen LogP) is 2.13. The molecular formula is C18H17FN2O3. The van der Waals surface area contributed by atoms with Crippen molar-refractivity contribution in [1.82, 2.24) is 9.88 Å². The van der Waals surface area contributed by atoms with Gasteiger partial charge in [-0.25, -0.2) is 9.18 Å². The standard InChI is InChI=1S/C18H17FN2O3/c1-24-18(23)15-10-20-9-13-11-21(7-6-14(13)15)17(22)8-12-4-2-3-5-16(12)19/h2-5,9-10H,6-8,11H2,1H3. The molecule has 0 bridgehead atoms. The number of methoxy groups -OCH3 is 1. The minimum absolute atomic E-state index is 0.0200. The first-order valence-corrected chi connectivity index (χ1v) is 7.65. The van der Waals surface area contributed by atoms with Crippen molar-refractivity contribution < 1.29 is 18.7 Å². The van der Waals surface area contributed by atoms with Gasteiger partial charge in [-0.3, -0.25) is 9.78 Å². The smallest absolute Gasteiger partial charge is 0.339 e. The number of carbonyl (C=O) groups excluding carboxylic acids is 2. The molecule has 0 saturated heterocycles. The van der Waals surface area contributed by atoms with Crippen molar-refractivity contribution in [1.29, 1.82) is 0 Å². The fourth-order valence-electron chi connectivity index (χ4n) is 2.91. The van der Waals surface area contributed by atoms with Crippen molar-refractivity contribution in [3.05, 3.63) is 64.7 Å². The maximum absolute atomic E-state index is 13.7. The van der Waals surface area contributed by atoms with Crippen LogP contribution in [0.25, 0.3) is 0 Å². The number of fused-ring (bicyclic) bond motifs is 1. The number of rotatable bonds is 3. The zero-order chi connectivity index (χ0) is 17.1. The number of amides is 1. The molecule has 0 fully saturated rings. The van der Waals surface area contributed by atoms with Crippen LogP contribution in [0.2, 0.25) is 0 Å². The molecule has 1 aromatic carbocycles. The first-order valence-electron chi connectivity index (χ1n) is 7.65. The van der Waals surface area contributed by atoms with Gasteiger partial charge in [0.15, 0.2) is 0 Å². The van der Waals surface area contributed by atoms with E-state index < -0.39 is 5.97 Å². The second kappa shape index (κ2) is 6.78. The second-order valence-electron chi connectivity index (χ2n) is 5.65. The Balaban J connectivity index is 1.77. The summed E-state index contributed by atoms with van der Waals surface area (Å²) in [5, 5.41) is 0. The van der Waals surface area contributed by atoms with Gasteiger partial charge >= 0.3 is 5.97 Å². The third kappa shape index (κ3) is 3.13. The van der Waals surface area contributed by atoms with Crippen LogP contribution < -0.4 is 0 Å². The first-order chi connectivity index (χ1) is 11.6. The highest BCUT2D eigenvalue weighted by atomic mass is 19.1. The molecule has 1 amide bonds. The van der Waals surface area contributed by atoms with Crippen LogP contribution in [-0.2, 0) is 28.9 Å². The van der Waals surface area contributed by atoms with Crippen molar-refractivity contribution in [2.75, 3.05) is 13.7 Å². The number of aromatic nitrogens is 1. The summed E-state index contributed by atoms with van der Waals surface area (Å²) in [5.74, 6) is -0.947. The quantitative estimate of drug-likeness (QED) is 0.810. The average molecular weight is 328 g/mol. The van der Waals surface area contributed by atoms with Gasteiger partial charge in [-0.15, -0.1) is 0 Å². The summed E-state index contributed by atoms with van der Waals surface area (Å²) in [6.07, 6.45) is 3.71. The highest BCUT2D eigenvalue weighted by molar-refractivity contribution is 5.91. The number of halogens is 1. The Bertz CT molecular complexity index is 792. The minimum atomic E-state index is -0.425. The molecule has 6 heteroatoms. The van der Waals surface area contributed by atoms with Crippen molar-refractivity contribution >= 4 is 11.9 Å². The number of benzene rings is 1. The molecule has 0 spiro atoms. The highest BCUT2D eigenvalue weighted by Gasteiger charge is 2.25. The van der Waals surface area contributed by atoms with E-state index in [1.807, 2.05) is 0 Å². The summed E-state index contributed by atoms with van der Waals surface area (Å²) in [5.41, 5.74) is 2.52. The molecule has 0 unspecified atom stereocenters. The van der Waals surface area contributed by atoms with Crippen molar-refractivity contribution in [3.8, 4) is 0 Å². The number of nitrogens with zero attached hydrogens (tertiary/aromatic N) is 2. The number of ether oxygens (including phenoxy) is 1. The first kappa shape index (κ1) is 16.1. The van der Waals surface area contributed by atoms with Gasteiger partial charge in [-0.1, -0.05) is 18.2 Å². The average Bonchev–Trinajstić information content (AvgIpc) is 2.62. The summed E-state index contributed by atoms with van der Waals surface area (Å²) < 4.78 is 18.5. The van der Waals surface area contributed by atoms with Gasteiger partial charge < -0.3 is 9.64 Å². The largest absolute Gasteiger partial charge is 0.465 e. The van der Waals surface area contributed by atoms with Gasteiger partial charge in [0.2, 0.25) is 5.91 Å². The van der Waals surface area contributed by atoms with Gasteiger partial charge in [-0.05, 0) is 29.2 Å². The Morgan fingerprint density at radius 2 is 2.08 bits per heavy atom. The van der Waals surface area contributed by atoms with Gasteiger partial charge in [0.25, 0.3) is 0 Å². The van der Waals surface area contributed by atoms with E-state index in [4.69, 9.17) is 4.74 Å². The molecule has 3 rings (SSSR count). The topological polar surface area (TPSA) is 59.5 Å². The maximum atomic E-state index is 13.7. The summed E-state index contributed by atoms with van der Waals surface area (Å²) >= 11 is 0. The predicted molar refractivity (Wildman–Crippen MR) is 84.8 cm³/mol. The van der Waals surface area contributed by atoms with Crippen LogP contribution >= 0.6 is 0 Å². The molecule has 0 atom stereocenters. The Hall–Kier alpha value is -2.76. The Morgan fingerprint density at radius 3 is 2.83 bits per heavy atom. The van der Waals surface area contributed by atoms with Crippen LogP contribution in [0.3, 0.4) is 0 Å². The molecule has 124 valence electrons. The lowest BCUT2D eigenvalue weighted by Gasteiger charge is -2.29. The van der Waals surface area contributed by atoms with E-state index in [0.717, 1.165) is 11.1 Å².